The molecule has 0 amide bonds. The fraction of sp³-hybridized carbons (Fsp3) is 1.00. The van der Waals surface area contributed by atoms with Crippen LogP contribution in [0.25, 0.3) is 0 Å². The van der Waals surface area contributed by atoms with Crippen LogP contribution in [0.2, 0.25) is 0 Å². The van der Waals surface area contributed by atoms with Gasteiger partial charge in [0.05, 0.1) is 5.88 Å². The Morgan fingerprint density at radius 1 is 1.83 bits per heavy atom. The summed E-state index contributed by atoms with van der Waals surface area (Å²) in [6, 6.07) is 0. The Kier molecular flexibility index (Phi) is 2.11. The van der Waals surface area contributed by atoms with Gasteiger partial charge in [0.15, 0.2) is 0 Å². The first-order chi connectivity index (χ1) is 2.56. The van der Waals surface area contributed by atoms with Crippen molar-refractivity contribution in [2.24, 2.45) is 0 Å². The lowest BCUT2D eigenvalue weighted by atomic mass is 10.8. The predicted molar refractivity (Wildman–Crippen MR) is 21.1 cm³/mol. The Balaban J connectivity index is 3.17. The van der Waals surface area contributed by atoms with Crippen LogP contribution < -0.4 is 0 Å². The maximum atomic E-state index is 11.2. The Labute approximate surface area is 44.7 Å². The van der Waals surface area contributed by atoms with E-state index in [1.54, 1.807) is 0 Å². The first-order valence-electron chi connectivity index (χ1n) is 1.20. The van der Waals surface area contributed by atoms with Crippen molar-refractivity contribution in [3.63, 3.8) is 0 Å². The third kappa shape index (κ3) is 4.47. The standard InChI is InChI=1S/C2H2Cl2FO/c3-1-2(4,5)6/h1H2. The summed E-state index contributed by atoms with van der Waals surface area (Å²) in [4.78, 5) is 0. The van der Waals surface area contributed by atoms with Crippen molar-refractivity contribution < 1.29 is 9.50 Å². The van der Waals surface area contributed by atoms with Gasteiger partial charge in [-0.3, -0.25) is 0 Å². The molecule has 0 saturated heterocycles. The van der Waals surface area contributed by atoms with E-state index in [-0.39, 0.29) is 0 Å². The summed E-state index contributed by atoms with van der Waals surface area (Å²) in [6.07, 6.45) is 0. The lowest BCUT2D eigenvalue weighted by Crippen LogP contribution is -2.11. The summed E-state index contributed by atoms with van der Waals surface area (Å²) in [6.45, 7) is 0. The van der Waals surface area contributed by atoms with Crippen LogP contribution in [0.3, 0.4) is 0 Å². The van der Waals surface area contributed by atoms with E-state index in [9.17, 15) is 9.50 Å². The highest BCUT2D eigenvalue weighted by molar-refractivity contribution is 6.28. The van der Waals surface area contributed by atoms with E-state index in [0.29, 0.717) is 0 Å². The summed E-state index contributed by atoms with van der Waals surface area (Å²) < 4.78 is 11.2. The van der Waals surface area contributed by atoms with Gasteiger partial charge in [-0.25, -0.2) is 0 Å². The second-order valence-corrected chi connectivity index (χ2v) is 1.60. The first kappa shape index (κ1) is 6.47. The highest BCUT2D eigenvalue weighted by Gasteiger charge is 2.21. The molecule has 0 heterocycles. The monoisotopic (exact) mass is 131 g/mol. The number of alkyl halides is 3. The minimum absolute atomic E-state index is 0.714. The van der Waals surface area contributed by atoms with Gasteiger partial charge in [0.2, 0.25) is 0 Å². The molecule has 37 valence electrons. The summed E-state index contributed by atoms with van der Waals surface area (Å²) in [7, 11) is 0. The van der Waals surface area contributed by atoms with E-state index in [1.165, 1.54) is 0 Å². The zero-order valence-corrected chi connectivity index (χ0v) is 4.26. The van der Waals surface area contributed by atoms with Crippen LogP contribution in [0.4, 0.5) is 4.39 Å². The van der Waals surface area contributed by atoms with Gasteiger partial charge in [-0.2, -0.15) is 9.50 Å². The quantitative estimate of drug-likeness (QED) is 0.482. The molecule has 1 atom stereocenters. The van der Waals surface area contributed by atoms with Crippen LogP contribution in [0, 0.1) is 0 Å². The molecular weight excluding hydrogens is 130 g/mol. The minimum atomic E-state index is -2.97. The second-order valence-electron chi connectivity index (χ2n) is 0.771. The third-order valence-corrected chi connectivity index (χ3v) is 0.770. The fourth-order valence-corrected chi connectivity index (χ4v) is 0. The highest BCUT2D eigenvalue weighted by Crippen LogP contribution is 2.13. The van der Waals surface area contributed by atoms with Gasteiger partial charge >= 0.3 is 5.31 Å². The van der Waals surface area contributed by atoms with E-state index >= 15 is 0 Å². The normalized spacial score (nSPS) is 20.0. The second kappa shape index (κ2) is 1.96. The molecule has 4 heteroatoms. The van der Waals surface area contributed by atoms with Crippen molar-refractivity contribution in [2.45, 2.75) is 5.31 Å². The molecule has 0 aromatic heterocycles. The molecule has 1 radical (unpaired) electrons. The van der Waals surface area contributed by atoms with Crippen LogP contribution in [0.1, 0.15) is 0 Å². The molecule has 0 bridgehead atoms. The Hall–Kier alpha value is 0.470. The highest BCUT2D eigenvalue weighted by atomic mass is 35.5. The van der Waals surface area contributed by atoms with Gasteiger partial charge in [-0.15, -0.1) is 11.6 Å². The van der Waals surface area contributed by atoms with Crippen LogP contribution in [-0.4, -0.2) is 11.2 Å². The predicted octanol–water partition coefficient (Wildman–Crippen LogP) is 1.52. The van der Waals surface area contributed by atoms with E-state index in [2.05, 4.69) is 23.2 Å². The lowest BCUT2D eigenvalue weighted by Gasteiger charge is -1.97. The minimum Gasteiger partial charge on any atom is -0.189 e. The van der Waals surface area contributed by atoms with Crippen molar-refractivity contribution in [2.75, 3.05) is 5.88 Å². The van der Waals surface area contributed by atoms with Gasteiger partial charge in [0.25, 0.3) is 0 Å². The molecule has 6 heavy (non-hydrogen) atoms. The lowest BCUT2D eigenvalue weighted by molar-refractivity contribution is -0.0459. The van der Waals surface area contributed by atoms with Gasteiger partial charge < -0.3 is 0 Å². The third-order valence-electron chi connectivity index (χ3n) is 0.156. The molecule has 0 N–H and O–H groups in total. The van der Waals surface area contributed by atoms with E-state index in [1.807, 2.05) is 0 Å². The van der Waals surface area contributed by atoms with Crippen molar-refractivity contribution >= 4 is 23.2 Å². The average molecular weight is 132 g/mol. The molecule has 1 unspecified atom stereocenters. The van der Waals surface area contributed by atoms with Gasteiger partial charge in [-0.1, -0.05) is 0 Å². The number of halogens is 3. The molecule has 0 aromatic rings. The van der Waals surface area contributed by atoms with Crippen LogP contribution in [0.5, 0.6) is 0 Å². The van der Waals surface area contributed by atoms with Crippen molar-refractivity contribution in [1.29, 1.82) is 0 Å². The molecule has 0 aliphatic rings. The Morgan fingerprint density at radius 3 is 2.00 bits per heavy atom. The number of rotatable bonds is 1. The summed E-state index contributed by atoms with van der Waals surface area (Å²) in [5, 5.41) is 6.47. The molecule has 0 rings (SSSR count). The number of hydrogen-bond donors (Lipinski definition) is 0. The van der Waals surface area contributed by atoms with Gasteiger partial charge in [0, 0.05) is 0 Å². The molecule has 0 aromatic carbocycles. The van der Waals surface area contributed by atoms with E-state index in [4.69, 9.17) is 0 Å². The van der Waals surface area contributed by atoms with E-state index in [0.717, 1.165) is 0 Å². The zero-order valence-electron chi connectivity index (χ0n) is 2.75. The van der Waals surface area contributed by atoms with Crippen LogP contribution in [0.15, 0.2) is 0 Å². The van der Waals surface area contributed by atoms with Crippen LogP contribution in [-0.2, 0) is 5.11 Å². The Bertz CT molecular complexity index is 41.3. The fourth-order valence-electron chi connectivity index (χ4n) is 0. The van der Waals surface area contributed by atoms with Gasteiger partial charge in [-0.05, 0) is 11.6 Å². The van der Waals surface area contributed by atoms with Crippen LogP contribution >= 0.6 is 23.2 Å². The van der Waals surface area contributed by atoms with Gasteiger partial charge in [0.1, 0.15) is 0 Å². The molecular formula is C2H2Cl2FO. The van der Waals surface area contributed by atoms with Crippen molar-refractivity contribution in [3.05, 3.63) is 0 Å². The van der Waals surface area contributed by atoms with Crippen molar-refractivity contribution in [3.8, 4) is 0 Å². The molecule has 0 fully saturated rings. The van der Waals surface area contributed by atoms with E-state index < -0.39 is 11.2 Å². The Morgan fingerprint density at radius 2 is 2.00 bits per heavy atom. The average Bonchev–Trinajstić information content (AvgIpc) is 1.35. The largest absolute Gasteiger partial charge is 0.327 e. The zero-order chi connectivity index (χ0) is 5.21. The molecule has 0 saturated carbocycles. The number of hydrogen-bond acceptors (Lipinski definition) is 0. The molecule has 0 aliphatic carbocycles. The maximum absolute atomic E-state index is 11.2. The SMILES string of the molecule is [O]C(F)(Cl)CCl. The molecule has 0 spiro atoms. The topological polar surface area (TPSA) is 19.9 Å². The molecule has 0 aliphatic heterocycles. The summed E-state index contributed by atoms with van der Waals surface area (Å²) in [5.74, 6) is -0.714. The first-order valence-corrected chi connectivity index (χ1v) is 2.12. The molecule has 1 nitrogen and oxygen atoms in total. The summed E-state index contributed by atoms with van der Waals surface area (Å²) in [5.41, 5.74) is 0. The smallest absolute Gasteiger partial charge is 0.189 e. The maximum Gasteiger partial charge on any atom is 0.327 e. The van der Waals surface area contributed by atoms with Crippen molar-refractivity contribution in [1.82, 2.24) is 0 Å². The summed E-state index contributed by atoms with van der Waals surface area (Å²) >= 11 is 9.02.